The van der Waals surface area contributed by atoms with Gasteiger partial charge in [0.15, 0.2) is 0 Å². The number of carbonyl (C=O) groups is 1. The van der Waals surface area contributed by atoms with Gasteiger partial charge in [-0.15, -0.1) is 0 Å². The molecular weight excluding hydrogens is 269 g/mol. The molecule has 0 spiro atoms. The third-order valence-corrected chi connectivity index (χ3v) is 3.91. The second-order valence-corrected chi connectivity index (χ2v) is 5.24. The van der Waals surface area contributed by atoms with E-state index in [4.69, 9.17) is 0 Å². The van der Waals surface area contributed by atoms with Crippen LogP contribution in [0.4, 0.5) is 13.2 Å². The van der Waals surface area contributed by atoms with Gasteiger partial charge in [0.25, 0.3) is 0 Å². The third-order valence-electron chi connectivity index (χ3n) is 3.91. The zero-order valence-corrected chi connectivity index (χ0v) is 10.6. The minimum atomic E-state index is -4.77. The number of pyridine rings is 1. The molecule has 1 amide bonds. The minimum Gasteiger partial charge on any atom is -0.334 e. The normalized spacial score (nSPS) is 25.6. The van der Waals surface area contributed by atoms with Crippen LogP contribution in [0.2, 0.25) is 0 Å². The fourth-order valence-electron chi connectivity index (χ4n) is 3.00. The Bertz CT molecular complexity index is 553. The van der Waals surface area contributed by atoms with E-state index < -0.39 is 12.1 Å². The molecule has 2 atom stereocenters. The SMILES string of the molecule is O=C(N1CC2C=C(c3ccccn3)CC2C1)C(F)(F)F. The lowest BCUT2D eigenvalue weighted by Gasteiger charge is -2.18. The van der Waals surface area contributed by atoms with E-state index in [0.29, 0.717) is 6.42 Å². The van der Waals surface area contributed by atoms with Crippen LogP contribution in [0, 0.1) is 11.8 Å². The highest BCUT2D eigenvalue weighted by molar-refractivity contribution is 5.82. The second-order valence-electron chi connectivity index (χ2n) is 5.24. The molecule has 106 valence electrons. The molecule has 0 radical (unpaired) electrons. The summed E-state index contributed by atoms with van der Waals surface area (Å²) < 4.78 is 37.2. The van der Waals surface area contributed by atoms with Crippen LogP contribution >= 0.6 is 0 Å². The van der Waals surface area contributed by atoms with E-state index >= 15 is 0 Å². The third kappa shape index (κ3) is 2.30. The van der Waals surface area contributed by atoms with Crippen LogP contribution in [0.1, 0.15) is 12.1 Å². The summed E-state index contributed by atoms with van der Waals surface area (Å²) in [7, 11) is 0. The Labute approximate surface area is 114 Å². The number of likely N-dealkylation sites (tertiary alicyclic amines) is 1. The number of carbonyl (C=O) groups excluding carboxylic acids is 1. The van der Waals surface area contributed by atoms with Gasteiger partial charge >= 0.3 is 12.1 Å². The Hall–Kier alpha value is -1.85. The zero-order chi connectivity index (χ0) is 14.3. The van der Waals surface area contributed by atoms with E-state index in [-0.39, 0.29) is 24.9 Å². The number of amides is 1. The van der Waals surface area contributed by atoms with Gasteiger partial charge < -0.3 is 4.90 Å². The Morgan fingerprint density at radius 3 is 2.70 bits per heavy atom. The van der Waals surface area contributed by atoms with E-state index in [0.717, 1.165) is 16.2 Å². The smallest absolute Gasteiger partial charge is 0.334 e. The zero-order valence-electron chi connectivity index (χ0n) is 10.6. The molecule has 1 aliphatic carbocycles. The standard InChI is InChI=1S/C14H13F3N2O/c15-14(16,17)13(20)19-7-10-5-9(6-11(10)8-19)12-3-1-2-4-18-12/h1-5,10-11H,6-8H2. The van der Waals surface area contributed by atoms with Crippen LogP contribution in [0.25, 0.3) is 5.57 Å². The highest BCUT2D eigenvalue weighted by Crippen LogP contribution is 2.41. The van der Waals surface area contributed by atoms with E-state index in [1.807, 2.05) is 24.3 Å². The van der Waals surface area contributed by atoms with Gasteiger partial charge in [0, 0.05) is 19.3 Å². The van der Waals surface area contributed by atoms with Crippen molar-refractivity contribution in [1.29, 1.82) is 0 Å². The molecule has 20 heavy (non-hydrogen) atoms. The molecule has 3 rings (SSSR count). The Morgan fingerprint density at radius 1 is 1.30 bits per heavy atom. The van der Waals surface area contributed by atoms with Crippen molar-refractivity contribution in [3.05, 3.63) is 36.2 Å². The fourth-order valence-corrected chi connectivity index (χ4v) is 3.00. The molecule has 3 nitrogen and oxygen atoms in total. The highest BCUT2D eigenvalue weighted by atomic mass is 19.4. The maximum Gasteiger partial charge on any atom is 0.471 e. The first-order valence-electron chi connectivity index (χ1n) is 6.43. The summed E-state index contributed by atoms with van der Waals surface area (Å²) in [6.07, 6.45) is -0.421. The first-order chi connectivity index (χ1) is 9.45. The lowest BCUT2D eigenvalue weighted by atomic mass is 9.99. The summed E-state index contributed by atoms with van der Waals surface area (Å²) in [4.78, 5) is 16.4. The lowest BCUT2D eigenvalue weighted by molar-refractivity contribution is -0.184. The Kier molecular flexibility index (Phi) is 3.03. The molecule has 1 aliphatic heterocycles. The number of hydrogen-bond donors (Lipinski definition) is 0. The number of allylic oxidation sites excluding steroid dienone is 1. The number of halogens is 3. The van der Waals surface area contributed by atoms with Crippen molar-refractivity contribution in [2.45, 2.75) is 12.6 Å². The van der Waals surface area contributed by atoms with Crippen molar-refractivity contribution in [2.24, 2.45) is 11.8 Å². The molecule has 0 bridgehead atoms. The fraction of sp³-hybridized carbons (Fsp3) is 0.429. The molecule has 2 unspecified atom stereocenters. The van der Waals surface area contributed by atoms with Crippen LogP contribution in [-0.4, -0.2) is 35.1 Å². The largest absolute Gasteiger partial charge is 0.471 e. The molecule has 2 heterocycles. The van der Waals surface area contributed by atoms with Crippen LogP contribution in [-0.2, 0) is 4.79 Å². The van der Waals surface area contributed by atoms with Crippen molar-refractivity contribution in [3.63, 3.8) is 0 Å². The first kappa shape index (κ1) is 13.1. The molecule has 0 saturated carbocycles. The summed E-state index contributed by atoms with van der Waals surface area (Å²) in [5.41, 5.74) is 1.94. The van der Waals surface area contributed by atoms with Crippen LogP contribution in [0.15, 0.2) is 30.5 Å². The van der Waals surface area contributed by atoms with Gasteiger partial charge in [0.2, 0.25) is 0 Å². The summed E-state index contributed by atoms with van der Waals surface area (Å²) in [5, 5.41) is 0. The Balaban J connectivity index is 1.72. The van der Waals surface area contributed by atoms with Gasteiger partial charge in [-0.1, -0.05) is 12.1 Å². The number of nitrogens with zero attached hydrogens (tertiary/aromatic N) is 2. The van der Waals surface area contributed by atoms with Gasteiger partial charge in [-0.2, -0.15) is 13.2 Å². The molecular formula is C14H13F3N2O. The molecule has 1 saturated heterocycles. The number of rotatable bonds is 1. The average Bonchev–Trinajstić information content (AvgIpc) is 2.95. The van der Waals surface area contributed by atoms with Crippen molar-refractivity contribution in [2.75, 3.05) is 13.1 Å². The number of hydrogen-bond acceptors (Lipinski definition) is 2. The van der Waals surface area contributed by atoms with E-state index in [2.05, 4.69) is 4.98 Å². The number of fused-ring (bicyclic) bond motifs is 1. The van der Waals surface area contributed by atoms with Crippen molar-refractivity contribution in [3.8, 4) is 0 Å². The summed E-state index contributed by atoms with van der Waals surface area (Å²) >= 11 is 0. The monoisotopic (exact) mass is 282 g/mol. The Morgan fingerprint density at radius 2 is 2.10 bits per heavy atom. The van der Waals surface area contributed by atoms with E-state index in [1.54, 1.807) is 6.20 Å². The second kappa shape index (κ2) is 4.61. The maximum absolute atomic E-state index is 12.4. The first-order valence-corrected chi connectivity index (χ1v) is 6.43. The predicted octanol–water partition coefficient (Wildman–Crippen LogP) is 2.51. The molecule has 1 aromatic rings. The molecule has 6 heteroatoms. The van der Waals surface area contributed by atoms with Crippen molar-refractivity contribution in [1.82, 2.24) is 9.88 Å². The summed E-state index contributed by atoms with van der Waals surface area (Å²) in [5.74, 6) is -1.63. The van der Waals surface area contributed by atoms with E-state index in [9.17, 15) is 18.0 Å². The molecule has 0 aromatic carbocycles. The average molecular weight is 282 g/mol. The lowest BCUT2D eigenvalue weighted by Crippen LogP contribution is -2.40. The number of aromatic nitrogens is 1. The molecule has 0 N–H and O–H groups in total. The van der Waals surface area contributed by atoms with Crippen LogP contribution < -0.4 is 0 Å². The summed E-state index contributed by atoms with van der Waals surface area (Å²) in [6, 6.07) is 5.60. The molecule has 2 aliphatic rings. The topological polar surface area (TPSA) is 33.2 Å². The highest BCUT2D eigenvalue weighted by Gasteiger charge is 2.47. The van der Waals surface area contributed by atoms with E-state index in [1.165, 1.54) is 0 Å². The quantitative estimate of drug-likeness (QED) is 0.793. The van der Waals surface area contributed by atoms with Crippen LogP contribution in [0.3, 0.4) is 0 Å². The van der Waals surface area contributed by atoms with Gasteiger partial charge in [-0.3, -0.25) is 9.78 Å². The minimum absolute atomic E-state index is 0.0123. The maximum atomic E-state index is 12.4. The van der Waals surface area contributed by atoms with Gasteiger partial charge in [-0.05, 0) is 36.0 Å². The van der Waals surface area contributed by atoms with Crippen LogP contribution in [0.5, 0.6) is 0 Å². The van der Waals surface area contributed by atoms with Crippen molar-refractivity contribution < 1.29 is 18.0 Å². The molecule has 1 aromatic heterocycles. The van der Waals surface area contributed by atoms with Crippen molar-refractivity contribution >= 4 is 11.5 Å². The van der Waals surface area contributed by atoms with Gasteiger partial charge in [0.05, 0.1) is 5.69 Å². The predicted molar refractivity (Wildman–Crippen MR) is 66.4 cm³/mol. The van der Waals surface area contributed by atoms with Gasteiger partial charge in [0.1, 0.15) is 0 Å². The molecule has 1 fully saturated rings. The summed E-state index contributed by atoms with van der Waals surface area (Å²) in [6.45, 7) is 0.329. The van der Waals surface area contributed by atoms with Gasteiger partial charge in [-0.25, -0.2) is 0 Å². The number of alkyl halides is 3.